The van der Waals surface area contributed by atoms with E-state index in [0.717, 1.165) is 0 Å². The van der Waals surface area contributed by atoms with Crippen LogP contribution in [0.4, 0.5) is 19.0 Å². The normalized spacial score (nSPS) is 12.1. The number of nitrogens with one attached hydrogen (secondary N) is 1. The van der Waals surface area contributed by atoms with E-state index in [9.17, 15) is 13.2 Å². The Morgan fingerprint density at radius 2 is 1.95 bits per heavy atom. The molecule has 5 nitrogen and oxygen atoms in total. The van der Waals surface area contributed by atoms with Crippen molar-refractivity contribution in [3.63, 3.8) is 0 Å². The van der Waals surface area contributed by atoms with E-state index in [1.807, 2.05) is 0 Å². The third kappa shape index (κ3) is 3.72. The summed E-state index contributed by atoms with van der Waals surface area (Å²) in [5.74, 6) is 1.18. The summed E-state index contributed by atoms with van der Waals surface area (Å²) in [6.45, 7) is 3.47. The molecular formula is C10H11F3N4OS. The Hall–Kier alpha value is -1.51. The average molecular weight is 292 g/mol. The fourth-order valence-electron chi connectivity index (χ4n) is 1.49. The van der Waals surface area contributed by atoms with E-state index in [1.165, 1.54) is 0 Å². The van der Waals surface area contributed by atoms with Gasteiger partial charge in [-0.1, -0.05) is 0 Å². The summed E-state index contributed by atoms with van der Waals surface area (Å²) in [4.78, 5) is 12.3. The molecule has 0 bridgehead atoms. The van der Waals surface area contributed by atoms with Gasteiger partial charge in [-0.25, -0.2) is 9.97 Å². The molecule has 1 N–H and O–H groups in total. The minimum absolute atomic E-state index is 0.0821. The molecule has 104 valence electrons. The molecule has 0 amide bonds. The quantitative estimate of drug-likeness (QED) is 0.874. The number of rotatable bonds is 4. The van der Waals surface area contributed by atoms with Crippen LogP contribution < -0.4 is 5.32 Å². The Bertz CT molecular complexity index is 584. The fraction of sp³-hybridized carbons (Fsp3) is 0.500. The summed E-state index contributed by atoms with van der Waals surface area (Å²) >= 11 is -0.0821. The van der Waals surface area contributed by atoms with Crippen LogP contribution >= 0.6 is 11.8 Å². The van der Waals surface area contributed by atoms with Crippen LogP contribution in [-0.4, -0.2) is 32.8 Å². The number of nitrogens with zero attached hydrogens (tertiary/aromatic N) is 3. The first kappa shape index (κ1) is 13.9. The maximum Gasteiger partial charge on any atom is 0.441 e. The number of fused-ring (bicyclic) bond motifs is 1. The molecule has 0 spiro atoms. The first-order chi connectivity index (χ1) is 8.85. The second-order valence-electron chi connectivity index (χ2n) is 3.73. The van der Waals surface area contributed by atoms with E-state index >= 15 is 0 Å². The minimum Gasteiger partial charge on any atom is -0.422 e. The standard InChI is InChI=1S/C10H11F3N4OS/c1-5-15-8(14-3-4-19-10(11,12)13)7-9(16-5)18-6(2)17-7/h3-4H2,1-2H3,(H,14,15,16). The molecule has 0 saturated carbocycles. The van der Waals surface area contributed by atoms with E-state index in [2.05, 4.69) is 20.3 Å². The van der Waals surface area contributed by atoms with Gasteiger partial charge < -0.3 is 9.73 Å². The predicted octanol–water partition coefficient (Wildman–Crippen LogP) is 2.90. The van der Waals surface area contributed by atoms with Gasteiger partial charge in [-0.2, -0.15) is 18.2 Å². The Morgan fingerprint density at radius 1 is 1.21 bits per heavy atom. The highest BCUT2D eigenvalue weighted by molar-refractivity contribution is 8.00. The maximum absolute atomic E-state index is 12.0. The van der Waals surface area contributed by atoms with Crippen molar-refractivity contribution in [2.75, 3.05) is 17.6 Å². The molecular weight excluding hydrogens is 281 g/mol. The number of thioether (sulfide) groups is 1. The van der Waals surface area contributed by atoms with Crippen molar-refractivity contribution in [2.45, 2.75) is 19.4 Å². The molecule has 0 atom stereocenters. The molecule has 0 aromatic carbocycles. The summed E-state index contributed by atoms with van der Waals surface area (Å²) in [5.41, 5.74) is -3.46. The SMILES string of the molecule is Cc1nc(NCCSC(F)(F)F)c2nc(C)oc2n1. The highest BCUT2D eigenvalue weighted by atomic mass is 32.2. The van der Waals surface area contributed by atoms with E-state index in [4.69, 9.17) is 4.42 Å². The molecule has 2 heterocycles. The highest BCUT2D eigenvalue weighted by Crippen LogP contribution is 2.29. The molecule has 0 aliphatic carbocycles. The number of hydrogen-bond acceptors (Lipinski definition) is 6. The topological polar surface area (TPSA) is 63.8 Å². The molecule has 0 radical (unpaired) electrons. The monoisotopic (exact) mass is 292 g/mol. The van der Waals surface area contributed by atoms with Gasteiger partial charge in [-0.05, 0) is 18.7 Å². The number of aromatic nitrogens is 3. The fourth-order valence-corrected chi connectivity index (χ4v) is 1.93. The first-order valence-corrected chi connectivity index (χ1v) is 6.40. The number of oxazole rings is 1. The zero-order chi connectivity index (χ0) is 14.0. The van der Waals surface area contributed by atoms with Gasteiger partial charge in [0.2, 0.25) is 0 Å². The number of hydrogen-bond donors (Lipinski definition) is 1. The Balaban J connectivity index is 2.07. The van der Waals surface area contributed by atoms with Crippen LogP contribution in [0.3, 0.4) is 0 Å². The lowest BCUT2D eigenvalue weighted by molar-refractivity contribution is -0.0327. The molecule has 9 heteroatoms. The highest BCUT2D eigenvalue weighted by Gasteiger charge is 2.27. The zero-order valence-electron chi connectivity index (χ0n) is 10.2. The Kier molecular flexibility index (Phi) is 3.83. The molecule has 0 aliphatic rings. The predicted molar refractivity (Wildman–Crippen MR) is 66.1 cm³/mol. The first-order valence-electron chi connectivity index (χ1n) is 5.41. The Labute approximate surface area is 111 Å². The van der Waals surface area contributed by atoms with Gasteiger partial charge in [0.05, 0.1) is 0 Å². The summed E-state index contributed by atoms with van der Waals surface area (Å²) < 4.78 is 41.2. The minimum atomic E-state index is -4.22. The largest absolute Gasteiger partial charge is 0.441 e. The van der Waals surface area contributed by atoms with Gasteiger partial charge in [0.15, 0.2) is 17.2 Å². The summed E-state index contributed by atoms with van der Waals surface area (Å²) in [7, 11) is 0. The van der Waals surface area contributed by atoms with Crippen molar-refractivity contribution in [2.24, 2.45) is 0 Å². The summed E-state index contributed by atoms with van der Waals surface area (Å²) in [6, 6.07) is 0. The van der Waals surface area contributed by atoms with E-state index < -0.39 is 5.51 Å². The van der Waals surface area contributed by atoms with Crippen molar-refractivity contribution >= 4 is 28.8 Å². The zero-order valence-corrected chi connectivity index (χ0v) is 11.0. The molecule has 2 rings (SSSR count). The number of alkyl halides is 3. The van der Waals surface area contributed by atoms with Crippen molar-refractivity contribution in [1.29, 1.82) is 0 Å². The van der Waals surface area contributed by atoms with E-state index in [0.29, 0.717) is 28.8 Å². The van der Waals surface area contributed by atoms with Gasteiger partial charge in [-0.3, -0.25) is 0 Å². The molecule has 2 aromatic heterocycles. The lowest BCUT2D eigenvalue weighted by Gasteiger charge is -2.07. The van der Waals surface area contributed by atoms with Gasteiger partial charge in [-0.15, -0.1) is 0 Å². The second-order valence-corrected chi connectivity index (χ2v) is 4.89. The summed E-state index contributed by atoms with van der Waals surface area (Å²) in [5, 5.41) is 2.82. The summed E-state index contributed by atoms with van der Waals surface area (Å²) in [6.07, 6.45) is 0. The molecule has 19 heavy (non-hydrogen) atoms. The van der Waals surface area contributed by atoms with Crippen LogP contribution in [0.5, 0.6) is 0 Å². The Morgan fingerprint density at radius 3 is 2.63 bits per heavy atom. The molecule has 0 aliphatic heterocycles. The third-order valence-corrected chi connectivity index (χ3v) is 2.87. The third-order valence-electron chi connectivity index (χ3n) is 2.14. The lowest BCUT2D eigenvalue weighted by Crippen LogP contribution is -2.11. The van der Waals surface area contributed by atoms with Crippen LogP contribution in [0.1, 0.15) is 11.7 Å². The average Bonchev–Trinajstić information content (AvgIpc) is 2.63. The van der Waals surface area contributed by atoms with Gasteiger partial charge in [0.25, 0.3) is 5.71 Å². The van der Waals surface area contributed by atoms with Gasteiger partial charge >= 0.3 is 5.51 Å². The second kappa shape index (κ2) is 5.24. The molecule has 0 fully saturated rings. The molecule has 2 aromatic rings. The smallest absolute Gasteiger partial charge is 0.422 e. The van der Waals surface area contributed by atoms with Gasteiger partial charge in [0, 0.05) is 19.2 Å². The van der Waals surface area contributed by atoms with Crippen LogP contribution in [-0.2, 0) is 0 Å². The lowest BCUT2D eigenvalue weighted by atomic mass is 10.4. The van der Waals surface area contributed by atoms with Crippen molar-refractivity contribution < 1.29 is 17.6 Å². The number of aryl methyl sites for hydroxylation is 2. The molecule has 0 unspecified atom stereocenters. The number of anilines is 1. The van der Waals surface area contributed by atoms with Crippen LogP contribution in [0.2, 0.25) is 0 Å². The van der Waals surface area contributed by atoms with Crippen LogP contribution in [0, 0.1) is 13.8 Å². The van der Waals surface area contributed by atoms with E-state index in [1.54, 1.807) is 13.8 Å². The van der Waals surface area contributed by atoms with Crippen molar-refractivity contribution in [3.05, 3.63) is 11.7 Å². The maximum atomic E-state index is 12.0. The van der Waals surface area contributed by atoms with Crippen LogP contribution in [0.15, 0.2) is 4.42 Å². The van der Waals surface area contributed by atoms with Crippen molar-refractivity contribution in [3.8, 4) is 0 Å². The van der Waals surface area contributed by atoms with E-state index in [-0.39, 0.29) is 24.1 Å². The number of halogens is 3. The van der Waals surface area contributed by atoms with Gasteiger partial charge in [0.1, 0.15) is 5.82 Å². The van der Waals surface area contributed by atoms with Crippen LogP contribution in [0.25, 0.3) is 11.2 Å². The van der Waals surface area contributed by atoms with Crippen molar-refractivity contribution in [1.82, 2.24) is 15.0 Å². The molecule has 0 saturated heterocycles.